The molecular weight excluding hydrogens is 491 g/mol. The van der Waals surface area contributed by atoms with E-state index in [1.807, 2.05) is 13.0 Å². The number of benzene rings is 1. The summed E-state index contributed by atoms with van der Waals surface area (Å²) in [6, 6.07) is 8.70. The van der Waals surface area contributed by atoms with Crippen LogP contribution in [0.3, 0.4) is 0 Å². The minimum Gasteiger partial charge on any atom is -0.475 e. The number of anilines is 1. The number of halogens is 3. The number of aliphatic imine (C=N–C) groups is 1. The predicted molar refractivity (Wildman–Crippen MR) is 130 cm³/mol. The Kier molecular flexibility index (Phi) is 8.03. The van der Waals surface area contributed by atoms with Crippen LogP contribution in [0, 0.1) is 12.8 Å². The van der Waals surface area contributed by atoms with Crippen LogP contribution in [-0.4, -0.2) is 60.7 Å². The highest BCUT2D eigenvalue weighted by atomic mass is 19.4. The number of carbonyl (C=O) groups is 2. The maximum atomic E-state index is 13.1. The highest BCUT2D eigenvalue weighted by molar-refractivity contribution is 6.13. The minimum absolute atomic E-state index is 0.0735. The van der Waals surface area contributed by atoms with E-state index in [4.69, 9.17) is 9.47 Å². The molecule has 2 amide bonds. The number of ether oxygens (including phenoxy) is 2. The summed E-state index contributed by atoms with van der Waals surface area (Å²) in [5, 5.41) is 11.7. The number of nitrogens with zero attached hydrogens (tertiary/aromatic N) is 2. The van der Waals surface area contributed by atoms with Crippen molar-refractivity contribution in [1.29, 1.82) is 0 Å². The van der Waals surface area contributed by atoms with Crippen LogP contribution in [0.25, 0.3) is 11.1 Å². The summed E-state index contributed by atoms with van der Waals surface area (Å²) in [5.74, 6) is -3.06. The van der Waals surface area contributed by atoms with Gasteiger partial charge in [-0.1, -0.05) is 6.07 Å². The van der Waals surface area contributed by atoms with E-state index in [1.165, 1.54) is 0 Å². The number of allylic oxidation sites excluding steroid dienone is 1. The van der Waals surface area contributed by atoms with E-state index in [1.54, 1.807) is 24.3 Å². The first kappa shape index (κ1) is 26.5. The predicted octanol–water partition coefficient (Wildman–Crippen LogP) is 3.98. The van der Waals surface area contributed by atoms with Crippen molar-refractivity contribution in [3.8, 4) is 17.0 Å². The van der Waals surface area contributed by atoms with Gasteiger partial charge in [0.2, 0.25) is 11.8 Å². The quantitative estimate of drug-likeness (QED) is 0.538. The van der Waals surface area contributed by atoms with Crippen LogP contribution in [0.1, 0.15) is 30.0 Å². The number of amides is 2. The molecule has 1 fully saturated rings. The lowest BCUT2D eigenvalue weighted by atomic mass is 9.92. The Bertz CT molecular complexity index is 1240. The van der Waals surface area contributed by atoms with Crippen LogP contribution < -0.4 is 10.1 Å². The van der Waals surface area contributed by atoms with Crippen molar-refractivity contribution in [2.24, 2.45) is 10.9 Å². The fourth-order valence-electron chi connectivity index (χ4n) is 4.20. The number of nitrogens with one attached hydrogen (secondary N) is 1. The average molecular weight is 518 g/mol. The van der Waals surface area contributed by atoms with Gasteiger partial charge in [-0.25, -0.2) is 9.98 Å². The number of hydrogen-bond donors (Lipinski definition) is 2. The van der Waals surface area contributed by atoms with Crippen molar-refractivity contribution in [2.45, 2.75) is 31.9 Å². The fourth-order valence-corrected chi connectivity index (χ4v) is 4.20. The standard InChI is InChI=1S/C26H26F3N3O5/c1-15-2-3-19(31-25(35)21-12-18(26(27,28)29)14-30-24(21)34)13-20(15)17-10-22(16-4-7-36-8-5-16)32-23(11-17)37-9-6-33/h2-3,10-14,16,21,33H,4-9H2,1H3,(H,31,35). The van der Waals surface area contributed by atoms with Gasteiger partial charge >= 0.3 is 6.18 Å². The molecule has 196 valence electrons. The van der Waals surface area contributed by atoms with Crippen molar-refractivity contribution in [1.82, 2.24) is 4.98 Å². The molecule has 2 aromatic rings. The first-order valence-electron chi connectivity index (χ1n) is 11.8. The van der Waals surface area contributed by atoms with Gasteiger partial charge in [-0.2, -0.15) is 13.2 Å². The third-order valence-corrected chi connectivity index (χ3v) is 6.17. The number of aryl methyl sites for hydroxylation is 1. The zero-order chi connectivity index (χ0) is 26.6. The van der Waals surface area contributed by atoms with Gasteiger partial charge in [-0.15, -0.1) is 0 Å². The maximum Gasteiger partial charge on any atom is 0.417 e. The summed E-state index contributed by atoms with van der Waals surface area (Å²) in [6.45, 7) is 3.02. The summed E-state index contributed by atoms with van der Waals surface area (Å²) in [4.78, 5) is 32.6. The molecule has 8 nitrogen and oxygen atoms in total. The van der Waals surface area contributed by atoms with Crippen LogP contribution >= 0.6 is 0 Å². The molecule has 4 rings (SSSR count). The van der Waals surface area contributed by atoms with E-state index in [9.17, 15) is 27.9 Å². The van der Waals surface area contributed by atoms with Crippen molar-refractivity contribution >= 4 is 23.7 Å². The zero-order valence-electron chi connectivity index (χ0n) is 20.0. The van der Waals surface area contributed by atoms with Gasteiger partial charge in [0.1, 0.15) is 12.5 Å². The molecule has 0 radical (unpaired) electrons. The minimum atomic E-state index is -4.72. The smallest absolute Gasteiger partial charge is 0.417 e. The van der Waals surface area contributed by atoms with E-state index in [-0.39, 0.29) is 19.1 Å². The molecule has 2 N–H and O–H groups in total. The first-order chi connectivity index (χ1) is 17.7. The van der Waals surface area contributed by atoms with Gasteiger partial charge in [0.15, 0.2) is 0 Å². The van der Waals surface area contributed by atoms with Crippen LogP contribution in [0.4, 0.5) is 18.9 Å². The Morgan fingerprint density at radius 2 is 1.97 bits per heavy atom. The number of aromatic nitrogens is 1. The van der Waals surface area contributed by atoms with E-state index < -0.39 is 29.5 Å². The van der Waals surface area contributed by atoms with E-state index >= 15 is 0 Å². The highest BCUT2D eigenvalue weighted by Gasteiger charge is 2.38. The number of carbonyl (C=O) groups excluding carboxylic acids is 2. The van der Waals surface area contributed by atoms with Gasteiger partial charge in [0.25, 0.3) is 5.91 Å². The molecule has 37 heavy (non-hydrogen) atoms. The van der Waals surface area contributed by atoms with Crippen LogP contribution in [0.15, 0.2) is 47.0 Å². The number of rotatable bonds is 7. The Hall–Kier alpha value is -3.57. The molecule has 1 atom stereocenters. The topological polar surface area (TPSA) is 110 Å². The lowest BCUT2D eigenvalue weighted by Gasteiger charge is -2.23. The van der Waals surface area contributed by atoms with Crippen molar-refractivity contribution < 1.29 is 37.3 Å². The number of hydrogen-bond acceptors (Lipinski definition) is 6. The Balaban J connectivity index is 1.63. The summed E-state index contributed by atoms with van der Waals surface area (Å²) in [6.07, 6.45) is -2.12. The number of dihydropyridines is 1. The fraction of sp³-hybridized carbons (Fsp3) is 0.385. The highest BCUT2D eigenvalue weighted by Crippen LogP contribution is 2.34. The van der Waals surface area contributed by atoms with E-state index in [0.717, 1.165) is 35.2 Å². The molecule has 2 aliphatic heterocycles. The monoisotopic (exact) mass is 517 g/mol. The first-order valence-corrected chi connectivity index (χ1v) is 11.8. The van der Waals surface area contributed by atoms with Crippen LogP contribution in [0.2, 0.25) is 0 Å². The normalized spacial score (nSPS) is 18.5. The SMILES string of the molecule is Cc1ccc(NC(=O)C2C=C(C(F)(F)F)C=NC2=O)cc1-c1cc(OCCO)nc(C2CCOCC2)c1. The molecule has 1 aromatic heterocycles. The van der Waals surface area contributed by atoms with Crippen molar-refractivity contribution in [3.63, 3.8) is 0 Å². The lowest BCUT2D eigenvalue weighted by molar-refractivity contribution is -0.128. The number of alkyl halides is 3. The van der Waals surface area contributed by atoms with Crippen molar-refractivity contribution in [3.05, 3.63) is 53.2 Å². The lowest BCUT2D eigenvalue weighted by Crippen LogP contribution is -2.31. The summed E-state index contributed by atoms with van der Waals surface area (Å²) >= 11 is 0. The number of pyridine rings is 1. The molecule has 0 saturated carbocycles. The van der Waals surface area contributed by atoms with Crippen LogP contribution in [-0.2, 0) is 14.3 Å². The molecule has 0 spiro atoms. The molecule has 1 saturated heterocycles. The summed E-state index contributed by atoms with van der Waals surface area (Å²) in [5.41, 5.74) is 2.34. The van der Waals surface area contributed by atoms with E-state index in [0.29, 0.717) is 37.1 Å². The molecule has 1 unspecified atom stereocenters. The van der Waals surface area contributed by atoms with Gasteiger partial charge in [0.05, 0.1) is 12.2 Å². The third-order valence-electron chi connectivity index (χ3n) is 6.17. The second-order valence-electron chi connectivity index (χ2n) is 8.79. The van der Waals surface area contributed by atoms with Gasteiger partial charge in [0, 0.05) is 42.8 Å². The largest absolute Gasteiger partial charge is 0.475 e. The average Bonchev–Trinajstić information content (AvgIpc) is 2.88. The summed E-state index contributed by atoms with van der Waals surface area (Å²) < 4.78 is 50.2. The van der Waals surface area contributed by atoms with Crippen molar-refractivity contribution in [2.75, 3.05) is 31.7 Å². The molecule has 2 aliphatic rings. The second-order valence-corrected chi connectivity index (χ2v) is 8.79. The molecule has 0 aliphatic carbocycles. The van der Waals surface area contributed by atoms with Gasteiger partial charge in [-0.05, 0) is 60.7 Å². The second kappa shape index (κ2) is 11.2. The molecule has 11 heteroatoms. The molecular formula is C26H26F3N3O5. The van der Waals surface area contributed by atoms with E-state index in [2.05, 4.69) is 15.3 Å². The third kappa shape index (κ3) is 6.41. The number of aliphatic hydroxyl groups excluding tert-OH is 1. The maximum absolute atomic E-state index is 13.1. The molecule has 3 heterocycles. The molecule has 1 aromatic carbocycles. The Labute approximate surface area is 211 Å². The number of aliphatic hydroxyl groups is 1. The Morgan fingerprint density at radius 1 is 1.22 bits per heavy atom. The summed E-state index contributed by atoms with van der Waals surface area (Å²) in [7, 11) is 0. The van der Waals surface area contributed by atoms with Crippen LogP contribution in [0.5, 0.6) is 5.88 Å². The molecule has 0 bridgehead atoms. The Morgan fingerprint density at radius 3 is 2.68 bits per heavy atom. The van der Waals surface area contributed by atoms with Gasteiger partial charge < -0.3 is 19.9 Å². The van der Waals surface area contributed by atoms with Gasteiger partial charge in [-0.3, -0.25) is 9.59 Å². The zero-order valence-corrected chi connectivity index (χ0v) is 20.0.